The Morgan fingerprint density at radius 3 is 2.89 bits per heavy atom. The predicted octanol–water partition coefficient (Wildman–Crippen LogP) is 1.06. The molecule has 0 bridgehead atoms. The van der Waals surface area contributed by atoms with Crippen LogP contribution in [0.5, 0.6) is 0 Å². The van der Waals surface area contributed by atoms with Crippen LogP contribution in [-0.4, -0.2) is 32.4 Å². The van der Waals surface area contributed by atoms with Crippen molar-refractivity contribution in [3.8, 4) is 0 Å². The summed E-state index contributed by atoms with van der Waals surface area (Å²) in [6.45, 7) is 2.95. The number of aromatic nitrogens is 2. The van der Waals surface area contributed by atoms with Crippen molar-refractivity contribution in [1.29, 1.82) is 0 Å². The predicted molar refractivity (Wildman–Crippen MR) is 67.7 cm³/mol. The molecule has 5 nitrogen and oxygen atoms in total. The lowest BCUT2D eigenvalue weighted by atomic mass is 9.93. The van der Waals surface area contributed by atoms with Gasteiger partial charge in [-0.3, -0.25) is 4.79 Å². The zero-order chi connectivity index (χ0) is 12.7. The zero-order valence-corrected chi connectivity index (χ0v) is 10.7. The molecule has 2 atom stereocenters. The molecule has 1 aromatic rings. The fourth-order valence-electron chi connectivity index (χ4n) is 2.93. The third-order valence-electron chi connectivity index (χ3n) is 4.01. The topological polar surface area (TPSA) is 64.2 Å². The average molecular weight is 248 g/mol. The van der Waals surface area contributed by atoms with E-state index in [1.807, 2.05) is 17.4 Å². The number of carbonyl (C=O) groups is 1. The first-order valence-electron chi connectivity index (χ1n) is 6.79. The van der Waals surface area contributed by atoms with E-state index in [1.54, 1.807) is 0 Å². The first kappa shape index (κ1) is 11.7. The molecule has 18 heavy (non-hydrogen) atoms. The van der Waals surface area contributed by atoms with E-state index in [2.05, 4.69) is 16.5 Å². The van der Waals surface area contributed by atoms with Crippen LogP contribution in [0.3, 0.4) is 0 Å². The van der Waals surface area contributed by atoms with Crippen LogP contribution in [0.2, 0.25) is 0 Å². The fraction of sp³-hybridized carbons (Fsp3) is 0.692. The number of nitrogens with zero attached hydrogens (tertiary/aromatic N) is 3. The summed E-state index contributed by atoms with van der Waals surface area (Å²) in [5.41, 5.74) is 7.36. The maximum Gasteiger partial charge on any atom is 0.223 e. The van der Waals surface area contributed by atoms with Crippen molar-refractivity contribution >= 4 is 5.91 Å². The molecular formula is C13H20N4O. The number of hydrogen-bond donors (Lipinski definition) is 1. The number of imidazole rings is 1. The van der Waals surface area contributed by atoms with Crippen molar-refractivity contribution in [3.05, 3.63) is 18.2 Å². The number of hydrogen-bond acceptors (Lipinski definition) is 3. The van der Waals surface area contributed by atoms with Gasteiger partial charge in [0.15, 0.2) is 0 Å². The molecule has 5 heteroatoms. The van der Waals surface area contributed by atoms with Crippen molar-refractivity contribution in [2.24, 2.45) is 5.73 Å². The summed E-state index contributed by atoms with van der Waals surface area (Å²) in [4.78, 5) is 18.4. The molecule has 2 N–H and O–H groups in total. The lowest BCUT2D eigenvalue weighted by molar-refractivity contribution is -0.138. The second kappa shape index (κ2) is 4.39. The van der Waals surface area contributed by atoms with Crippen molar-refractivity contribution < 1.29 is 4.79 Å². The van der Waals surface area contributed by atoms with E-state index in [1.165, 1.54) is 0 Å². The summed E-state index contributed by atoms with van der Waals surface area (Å²) < 4.78 is 2.10. The number of amides is 1. The van der Waals surface area contributed by atoms with E-state index in [0.29, 0.717) is 12.5 Å². The number of rotatable bonds is 3. The first-order chi connectivity index (χ1) is 8.72. The molecule has 1 aliphatic heterocycles. The summed E-state index contributed by atoms with van der Waals surface area (Å²) in [5, 5.41) is 0. The van der Waals surface area contributed by atoms with Gasteiger partial charge in [0, 0.05) is 25.0 Å². The summed E-state index contributed by atoms with van der Waals surface area (Å²) >= 11 is 0. The van der Waals surface area contributed by atoms with Gasteiger partial charge in [-0.1, -0.05) is 0 Å². The number of likely N-dealkylation sites (tertiary alicyclic amines) is 1. The molecule has 3 rings (SSSR count). The first-order valence-corrected chi connectivity index (χ1v) is 6.79. The Bertz CT molecular complexity index is 452. The Labute approximate surface area is 107 Å². The van der Waals surface area contributed by atoms with E-state index in [-0.39, 0.29) is 18.0 Å². The molecule has 2 fully saturated rings. The Balaban J connectivity index is 1.97. The van der Waals surface area contributed by atoms with Gasteiger partial charge in [-0.2, -0.15) is 0 Å². The van der Waals surface area contributed by atoms with Gasteiger partial charge >= 0.3 is 0 Å². The van der Waals surface area contributed by atoms with E-state index >= 15 is 0 Å². The minimum atomic E-state index is 0.0150. The standard InChI is InChI=1S/C13H20N4O/c1-2-16-8-15-7-11(16)13-10(14)5-6-12(18)17(13)9-3-4-9/h7-10,13H,2-6,14H2,1H3. The SMILES string of the molecule is CCn1cncc1C1C(N)CCC(=O)N1C1CC1. The second-order valence-electron chi connectivity index (χ2n) is 5.28. The molecule has 1 amide bonds. The highest BCUT2D eigenvalue weighted by Gasteiger charge is 2.44. The van der Waals surface area contributed by atoms with Crippen LogP contribution in [0.15, 0.2) is 12.5 Å². The van der Waals surface area contributed by atoms with Gasteiger partial charge < -0.3 is 15.2 Å². The van der Waals surface area contributed by atoms with E-state index < -0.39 is 0 Å². The van der Waals surface area contributed by atoms with E-state index in [0.717, 1.165) is 31.5 Å². The number of nitrogens with two attached hydrogens (primary N) is 1. The van der Waals surface area contributed by atoms with Gasteiger partial charge in [0.05, 0.1) is 24.3 Å². The summed E-state index contributed by atoms with van der Waals surface area (Å²) in [5.74, 6) is 0.257. The van der Waals surface area contributed by atoms with Crippen LogP contribution in [0.4, 0.5) is 0 Å². The van der Waals surface area contributed by atoms with Gasteiger partial charge in [0.2, 0.25) is 5.91 Å². The second-order valence-corrected chi connectivity index (χ2v) is 5.28. The third-order valence-corrected chi connectivity index (χ3v) is 4.01. The molecular weight excluding hydrogens is 228 g/mol. The minimum Gasteiger partial charge on any atom is -0.333 e. The van der Waals surface area contributed by atoms with E-state index in [4.69, 9.17) is 5.73 Å². The smallest absolute Gasteiger partial charge is 0.223 e. The van der Waals surface area contributed by atoms with Crippen molar-refractivity contribution in [2.75, 3.05) is 0 Å². The van der Waals surface area contributed by atoms with Crippen LogP contribution >= 0.6 is 0 Å². The highest BCUT2D eigenvalue weighted by atomic mass is 16.2. The van der Waals surface area contributed by atoms with Crippen LogP contribution in [0.25, 0.3) is 0 Å². The molecule has 0 radical (unpaired) electrons. The lowest BCUT2D eigenvalue weighted by Gasteiger charge is -2.40. The molecule has 1 saturated heterocycles. The Morgan fingerprint density at radius 2 is 2.22 bits per heavy atom. The summed E-state index contributed by atoms with van der Waals surface area (Å²) in [7, 11) is 0. The Kier molecular flexibility index (Phi) is 2.86. The largest absolute Gasteiger partial charge is 0.333 e. The fourth-order valence-corrected chi connectivity index (χ4v) is 2.93. The molecule has 0 aromatic carbocycles. The monoisotopic (exact) mass is 248 g/mol. The molecule has 0 spiro atoms. The summed E-state index contributed by atoms with van der Waals surface area (Å²) in [6, 6.07) is 0.459. The Hall–Kier alpha value is -1.36. The van der Waals surface area contributed by atoms with Crippen molar-refractivity contribution in [1.82, 2.24) is 14.5 Å². The maximum absolute atomic E-state index is 12.2. The van der Waals surface area contributed by atoms with Crippen LogP contribution in [0, 0.1) is 0 Å². The number of carbonyl (C=O) groups excluding carboxylic acids is 1. The molecule has 2 heterocycles. The quantitative estimate of drug-likeness (QED) is 0.869. The van der Waals surface area contributed by atoms with Gasteiger partial charge in [-0.05, 0) is 26.2 Å². The van der Waals surface area contributed by atoms with Gasteiger partial charge in [-0.15, -0.1) is 0 Å². The third kappa shape index (κ3) is 1.82. The van der Waals surface area contributed by atoms with Crippen LogP contribution in [0.1, 0.15) is 44.3 Å². The molecule has 2 aliphatic rings. The highest BCUT2D eigenvalue weighted by molar-refractivity contribution is 5.78. The number of aryl methyl sites for hydroxylation is 1. The maximum atomic E-state index is 12.2. The normalized spacial score (nSPS) is 28.8. The molecule has 1 saturated carbocycles. The minimum absolute atomic E-state index is 0.0150. The van der Waals surface area contributed by atoms with Crippen molar-refractivity contribution in [2.45, 2.75) is 57.3 Å². The molecule has 98 valence electrons. The van der Waals surface area contributed by atoms with Gasteiger partial charge in [-0.25, -0.2) is 4.98 Å². The van der Waals surface area contributed by atoms with E-state index in [9.17, 15) is 4.79 Å². The van der Waals surface area contributed by atoms with Crippen LogP contribution < -0.4 is 5.73 Å². The highest BCUT2D eigenvalue weighted by Crippen LogP contribution is 2.39. The Morgan fingerprint density at radius 1 is 1.44 bits per heavy atom. The van der Waals surface area contributed by atoms with Crippen molar-refractivity contribution in [3.63, 3.8) is 0 Å². The van der Waals surface area contributed by atoms with Crippen LogP contribution in [-0.2, 0) is 11.3 Å². The van der Waals surface area contributed by atoms with Gasteiger partial charge in [0.25, 0.3) is 0 Å². The molecule has 1 aliphatic carbocycles. The number of piperidine rings is 1. The summed E-state index contributed by atoms with van der Waals surface area (Å²) in [6.07, 6.45) is 7.30. The molecule has 1 aromatic heterocycles. The average Bonchev–Trinajstić information content (AvgIpc) is 3.09. The lowest BCUT2D eigenvalue weighted by Crippen LogP contribution is -2.50. The zero-order valence-electron chi connectivity index (χ0n) is 10.7. The van der Waals surface area contributed by atoms with Gasteiger partial charge in [0.1, 0.15) is 0 Å². The molecule has 2 unspecified atom stereocenters.